The van der Waals surface area contributed by atoms with Crippen molar-refractivity contribution in [1.82, 2.24) is 0 Å². The summed E-state index contributed by atoms with van der Waals surface area (Å²) in [6, 6.07) is 0. The fourth-order valence-electron chi connectivity index (χ4n) is 3.60. The van der Waals surface area contributed by atoms with Crippen LogP contribution >= 0.6 is 0 Å². The minimum atomic E-state index is -0.458. The maximum atomic E-state index is 11.9. The first-order chi connectivity index (χ1) is 7.77. The van der Waals surface area contributed by atoms with E-state index in [9.17, 15) is 4.79 Å². The van der Waals surface area contributed by atoms with Crippen molar-refractivity contribution >= 4 is 5.97 Å². The second-order valence-corrected chi connectivity index (χ2v) is 5.01. The molecule has 0 saturated carbocycles. The first-order valence-corrected chi connectivity index (χ1v) is 6.16. The van der Waals surface area contributed by atoms with Crippen LogP contribution in [0, 0.1) is 11.8 Å². The Kier molecular flexibility index (Phi) is 2.44. The molecule has 0 N–H and O–H groups in total. The summed E-state index contributed by atoms with van der Waals surface area (Å²) in [5, 5.41) is 0. The number of esters is 1. The van der Waals surface area contributed by atoms with E-state index in [-0.39, 0.29) is 23.9 Å². The maximum absolute atomic E-state index is 11.9. The molecule has 3 saturated heterocycles. The van der Waals surface area contributed by atoms with Gasteiger partial charge in [0, 0.05) is 12.3 Å². The lowest BCUT2D eigenvalue weighted by atomic mass is 9.81. The molecule has 1 spiro atoms. The molecule has 4 nitrogen and oxygen atoms in total. The number of hydrogen-bond acceptors (Lipinski definition) is 4. The van der Waals surface area contributed by atoms with Crippen molar-refractivity contribution in [3.63, 3.8) is 0 Å². The summed E-state index contributed by atoms with van der Waals surface area (Å²) >= 11 is 0. The first-order valence-electron chi connectivity index (χ1n) is 6.16. The van der Waals surface area contributed by atoms with Gasteiger partial charge in [0.25, 0.3) is 0 Å². The van der Waals surface area contributed by atoms with E-state index in [4.69, 9.17) is 14.2 Å². The third-order valence-electron chi connectivity index (χ3n) is 4.24. The average Bonchev–Trinajstić information content (AvgIpc) is 2.54. The number of hydrogen-bond donors (Lipinski definition) is 0. The average molecular weight is 226 g/mol. The number of fused-ring (bicyclic) bond motifs is 1. The highest BCUT2D eigenvalue weighted by Crippen LogP contribution is 2.53. The van der Waals surface area contributed by atoms with E-state index in [0.717, 1.165) is 38.7 Å². The summed E-state index contributed by atoms with van der Waals surface area (Å²) in [5.74, 6) is -0.474. The van der Waals surface area contributed by atoms with Crippen LogP contribution in [0.4, 0.5) is 0 Å². The van der Waals surface area contributed by atoms with Gasteiger partial charge in [-0.1, -0.05) is 0 Å². The molecule has 3 aliphatic rings. The zero-order valence-electron chi connectivity index (χ0n) is 9.61. The highest BCUT2D eigenvalue weighted by Gasteiger charge is 2.61. The predicted octanol–water partition coefficient (Wildman–Crippen LogP) is 1.48. The van der Waals surface area contributed by atoms with Gasteiger partial charge in [0.15, 0.2) is 5.79 Å². The summed E-state index contributed by atoms with van der Waals surface area (Å²) in [7, 11) is 1.46. The lowest BCUT2D eigenvalue weighted by Crippen LogP contribution is -2.45. The summed E-state index contributed by atoms with van der Waals surface area (Å²) in [6.07, 6.45) is 5.05. The van der Waals surface area contributed by atoms with Crippen molar-refractivity contribution in [2.24, 2.45) is 11.8 Å². The van der Waals surface area contributed by atoms with Crippen LogP contribution in [-0.4, -0.2) is 31.6 Å². The van der Waals surface area contributed by atoms with Gasteiger partial charge in [0.1, 0.15) is 0 Å². The highest BCUT2D eigenvalue weighted by molar-refractivity contribution is 5.74. The molecule has 2 bridgehead atoms. The van der Waals surface area contributed by atoms with Crippen molar-refractivity contribution in [2.75, 3.05) is 13.7 Å². The molecule has 3 heterocycles. The molecule has 4 heteroatoms. The van der Waals surface area contributed by atoms with Crippen LogP contribution in [0.15, 0.2) is 0 Å². The lowest BCUT2D eigenvalue weighted by molar-refractivity contribution is -0.276. The van der Waals surface area contributed by atoms with Gasteiger partial charge < -0.3 is 14.2 Å². The van der Waals surface area contributed by atoms with Crippen LogP contribution in [0.3, 0.4) is 0 Å². The quantitative estimate of drug-likeness (QED) is 0.635. The fourth-order valence-corrected chi connectivity index (χ4v) is 3.60. The summed E-state index contributed by atoms with van der Waals surface area (Å²) in [5.41, 5.74) is 0. The third-order valence-corrected chi connectivity index (χ3v) is 4.24. The summed E-state index contributed by atoms with van der Waals surface area (Å²) in [4.78, 5) is 11.9. The highest BCUT2D eigenvalue weighted by atomic mass is 16.7. The lowest BCUT2D eigenvalue weighted by Gasteiger charge is -2.40. The SMILES string of the molecule is COC(=O)[C@H]1[C@@H]2CCC[C@@]3(OCCC[C@H]13)O2. The molecule has 0 aromatic rings. The van der Waals surface area contributed by atoms with Gasteiger partial charge in [-0.05, 0) is 25.7 Å². The fraction of sp³-hybridized carbons (Fsp3) is 0.917. The van der Waals surface area contributed by atoms with E-state index >= 15 is 0 Å². The molecule has 4 atom stereocenters. The van der Waals surface area contributed by atoms with E-state index in [0.29, 0.717) is 0 Å². The molecule has 0 aromatic heterocycles. The molecule has 3 fully saturated rings. The van der Waals surface area contributed by atoms with Gasteiger partial charge in [0.05, 0.1) is 25.7 Å². The number of methoxy groups -OCH3 is 1. The van der Waals surface area contributed by atoms with Crippen molar-refractivity contribution in [2.45, 2.75) is 44.0 Å². The van der Waals surface area contributed by atoms with Crippen molar-refractivity contribution in [3.8, 4) is 0 Å². The predicted molar refractivity (Wildman–Crippen MR) is 55.6 cm³/mol. The second kappa shape index (κ2) is 3.70. The van der Waals surface area contributed by atoms with E-state index in [1.165, 1.54) is 7.11 Å². The molecule has 0 aliphatic carbocycles. The van der Waals surface area contributed by atoms with Crippen LogP contribution in [-0.2, 0) is 19.0 Å². The van der Waals surface area contributed by atoms with Crippen LogP contribution in [0.5, 0.6) is 0 Å². The number of carbonyl (C=O) groups is 1. The first kappa shape index (κ1) is 10.5. The second-order valence-electron chi connectivity index (χ2n) is 5.01. The van der Waals surface area contributed by atoms with Crippen molar-refractivity contribution in [3.05, 3.63) is 0 Å². The molecule has 0 unspecified atom stereocenters. The molecule has 90 valence electrons. The van der Waals surface area contributed by atoms with Crippen LogP contribution in [0.2, 0.25) is 0 Å². The van der Waals surface area contributed by atoms with Gasteiger partial charge in [-0.15, -0.1) is 0 Å². The number of carbonyl (C=O) groups excluding carboxylic acids is 1. The molecule has 3 aliphatic heterocycles. The van der Waals surface area contributed by atoms with E-state index in [2.05, 4.69) is 0 Å². The molecule has 3 rings (SSSR count). The standard InChI is InChI=1S/C12H18O4/c1-14-11(13)10-8-4-3-7-15-12(8)6-2-5-9(10)16-12/h8-10H,2-7H2,1H3/t8-,9+,10-,12-/m1/s1. The molecule has 16 heavy (non-hydrogen) atoms. The van der Waals surface area contributed by atoms with Gasteiger partial charge in [-0.3, -0.25) is 4.79 Å². The molecular weight excluding hydrogens is 208 g/mol. The number of ether oxygens (including phenoxy) is 3. The molecule has 0 amide bonds. The van der Waals surface area contributed by atoms with Crippen LogP contribution in [0.25, 0.3) is 0 Å². The Morgan fingerprint density at radius 3 is 3.06 bits per heavy atom. The Bertz CT molecular complexity index is 299. The third kappa shape index (κ3) is 1.32. The maximum Gasteiger partial charge on any atom is 0.311 e. The smallest absolute Gasteiger partial charge is 0.311 e. The zero-order chi connectivity index (χ0) is 11.2. The monoisotopic (exact) mass is 226 g/mol. The molecule has 0 aromatic carbocycles. The summed E-state index contributed by atoms with van der Waals surface area (Å²) in [6.45, 7) is 0.761. The van der Waals surface area contributed by atoms with E-state index in [1.54, 1.807) is 0 Å². The molecule has 0 radical (unpaired) electrons. The van der Waals surface area contributed by atoms with E-state index < -0.39 is 5.79 Å². The van der Waals surface area contributed by atoms with Crippen molar-refractivity contribution < 1.29 is 19.0 Å². The minimum absolute atomic E-state index is 0.0179. The van der Waals surface area contributed by atoms with Crippen LogP contribution < -0.4 is 0 Å². The van der Waals surface area contributed by atoms with Gasteiger partial charge in [-0.25, -0.2) is 0 Å². The summed E-state index contributed by atoms with van der Waals surface area (Å²) < 4.78 is 16.8. The van der Waals surface area contributed by atoms with Gasteiger partial charge >= 0.3 is 5.97 Å². The van der Waals surface area contributed by atoms with Gasteiger partial charge in [0.2, 0.25) is 0 Å². The molecular formula is C12H18O4. The Morgan fingerprint density at radius 2 is 2.25 bits per heavy atom. The number of rotatable bonds is 1. The minimum Gasteiger partial charge on any atom is -0.469 e. The normalized spacial score (nSPS) is 46.2. The topological polar surface area (TPSA) is 44.8 Å². The zero-order valence-corrected chi connectivity index (χ0v) is 9.61. The van der Waals surface area contributed by atoms with Crippen molar-refractivity contribution in [1.29, 1.82) is 0 Å². The Hall–Kier alpha value is -0.610. The van der Waals surface area contributed by atoms with Crippen LogP contribution in [0.1, 0.15) is 32.1 Å². The Balaban J connectivity index is 1.92. The Labute approximate surface area is 95.2 Å². The largest absolute Gasteiger partial charge is 0.469 e. The van der Waals surface area contributed by atoms with Gasteiger partial charge in [-0.2, -0.15) is 0 Å². The van der Waals surface area contributed by atoms with E-state index in [1.807, 2.05) is 0 Å². The Morgan fingerprint density at radius 1 is 1.38 bits per heavy atom.